The summed E-state index contributed by atoms with van der Waals surface area (Å²) in [6, 6.07) is 26.5. The number of hydrogen-bond donors (Lipinski definition) is 3. The van der Waals surface area contributed by atoms with Gasteiger partial charge in [0.2, 0.25) is 11.8 Å². The molecular formula is C32H36N2O3. The van der Waals surface area contributed by atoms with E-state index in [2.05, 4.69) is 17.2 Å². The lowest BCUT2D eigenvalue weighted by atomic mass is 9.92. The van der Waals surface area contributed by atoms with Crippen molar-refractivity contribution in [3.05, 3.63) is 109 Å². The standard InChI is InChI=1S/C32H36N2O3/c1-2-28(30(35)26-20-18-25(19-21-26)24-14-8-4-9-15-24)31(36)34-29(22-23-12-6-3-7-13-23)32(37)33-27-16-10-5-11-17-27/h2-4,6-9,12-15,18-21,27-30,35H,1,5,10-11,16-17,22H2,(H,33,37)(H,34,36)/t28?,29?,30-/m1/s1. The van der Waals surface area contributed by atoms with E-state index in [1.165, 1.54) is 12.5 Å². The summed E-state index contributed by atoms with van der Waals surface area (Å²) in [4.78, 5) is 26.6. The van der Waals surface area contributed by atoms with Crippen molar-refractivity contribution in [2.45, 2.75) is 56.7 Å². The summed E-state index contributed by atoms with van der Waals surface area (Å²) in [5.74, 6) is -1.51. The number of carbonyl (C=O) groups is 2. The van der Waals surface area contributed by atoms with Crippen molar-refractivity contribution >= 4 is 11.8 Å². The maximum absolute atomic E-state index is 13.4. The summed E-state index contributed by atoms with van der Waals surface area (Å²) in [6.45, 7) is 3.80. The number of hydrogen-bond acceptors (Lipinski definition) is 3. The molecule has 1 aliphatic carbocycles. The highest BCUT2D eigenvalue weighted by Crippen LogP contribution is 2.27. The molecule has 0 heterocycles. The maximum Gasteiger partial charge on any atom is 0.243 e. The van der Waals surface area contributed by atoms with Gasteiger partial charge in [-0.05, 0) is 35.1 Å². The minimum absolute atomic E-state index is 0.139. The zero-order valence-corrected chi connectivity index (χ0v) is 21.2. The SMILES string of the molecule is C=CC(C(=O)NC(Cc1ccccc1)C(=O)NC1CCCCC1)[C@H](O)c1ccc(-c2ccccc2)cc1. The molecule has 3 aromatic rings. The van der Waals surface area contributed by atoms with E-state index < -0.39 is 24.0 Å². The van der Waals surface area contributed by atoms with Gasteiger partial charge in [-0.2, -0.15) is 0 Å². The smallest absolute Gasteiger partial charge is 0.243 e. The Bertz CT molecular complexity index is 1160. The van der Waals surface area contributed by atoms with Crippen molar-refractivity contribution in [1.82, 2.24) is 10.6 Å². The van der Waals surface area contributed by atoms with E-state index in [-0.39, 0.29) is 11.9 Å². The van der Waals surface area contributed by atoms with Gasteiger partial charge in [0.25, 0.3) is 0 Å². The molecule has 4 rings (SSSR count). The number of benzene rings is 3. The second-order valence-electron chi connectivity index (χ2n) is 9.79. The third kappa shape index (κ3) is 7.17. The number of carbonyl (C=O) groups excluding carboxylic acids is 2. The third-order valence-corrected chi connectivity index (χ3v) is 7.12. The first kappa shape index (κ1) is 26.4. The van der Waals surface area contributed by atoms with Crippen LogP contribution in [0.1, 0.15) is 49.3 Å². The van der Waals surface area contributed by atoms with Gasteiger partial charge in [0, 0.05) is 12.5 Å². The van der Waals surface area contributed by atoms with Gasteiger partial charge in [-0.25, -0.2) is 0 Å². The Hall–Kier alpha value is -3.70. The van der Waals surface area contributed by atoms with E-state index in [1.54, 1.807) is 0 Å². The predicted octanol–water partition coefficient (Wildman–Crippen LogP) is 5.37. The summed E-state index contributed by atoms with van der Waals surface area (Å²) in [6.07, 6.45) is 6.07. The number of aliphatic hydroxyl groups excluding tert-OH is 1. The van der Waals surface area contributed by atoms with Crippen LogP contribution in [-0.2, 0) is 16.0 Å². The van der Waals surface area contributed by atoms with Crippen LogP contribution < -0.4 is 10.6 Å². The van der Waals surface area contributed by atoms with Crippen molar-refractivity contribution in [3.8, 4) is 11.1 Å². The van der Waals surface area contributed by atoms with Gasteiger partial charge in [0.05, 0.1) is 12.0 Å². The van der Waals surface area contributed by atoms with Crippen LogP contribution in [-0.4, -0.2) is 29.0 Å². The molecule has 2 amide bonds. The molecule has 1 fully saturated rings. The number of amides is 2. The molecule has 1 aliphatic rings. The van der Waals surface area contributed by atoms with Crippen LogP contribution in [0, 0.1) is 5.92 Å². The second-order valence-corrected chi connectivity index (χ2v) is 9.79. The van der Waals surface area contributed by atoms with Gasteiger partial charge in [0.1, 0.15) is 6.04 Å². The molecule has 3 N–H and O–H groups in total. The first-order chi connectivity index (χ1) is 18.0. The van der Waals surface area contributed by atoms with Crippen molar-refractivity contribution < 1.29 is 14.7 Å². The number of aliphatic hydroxyl groups is 1. The maximum atomic E-state index is 13.4. The first-order valence-electron chi connectivity index (χ1n) is 13.2. The molecule has 0 aromatic heterocycles. The minimum atomic E-state index is -1.08. The molecule has 192 valence electrons. The fraction of sp³-hybridized carbons (Fsp3) is 0.312. The van der Waals surface area contributed by atoms with Gasteiger partial charge in [-0.1, -0.05) is 110 Å². The summed E-state index contributed by atoms with van der Waals surface area (Å²) in [5, 5.41) is 17.1. The molecule has 3 atom stereocenters. The van der Waals surface area contributed by atoms with Crippen LogP contribution in [0.5, 0.6) is 0 Å². The highest BCUT2D eigenvalue weighted by molar-refractivity contribution is 5.89. The Balaban J connectivity index is 1.47. The normalized spacial score (nSPS) is 16.2. The molecule has 0 bridgehead atoms. The van der Waals surface area contributed by atoms with Crippen LogP contribution in [0.15, 0.2) is 97.6 Å². The summed E-state index contributed by atoms with van der Waals surface area (Å²) in [5.41, 5.74) is 3.68. The molecule has 5 nitrogen and oxygen atoms in total. The summed E-state index contributed by atoms with van der Waals surface area (Å²) >= 11 is 0. The summed E-state index contributed by atoms with van der Waals surface area (Å²) < 4.78 is 0. The third-order valence-electron chi connectivity index (χ3n) is 7.12. The van der Waals surface area contributed by atoms with E-state index in [1.807, 2.05) is 84.9 Å². The van der Waals surface area contributed by atoms with Gasteiger partial charge >= 0.3 is 0 Å². The predicted molar refractivity (Wildman–Crippen MR) is 148 cm³/mol. The van der Waals surface area contributed by atoms with Gasteiger partial charge in [-0.3, -0.25) is 9.59 Å². The zero-order chi connectivity index (χ0) is 26.0. The van der Waals surface area contributed by atoms with Crippen LogP contribution in [0.2, 0.25) is 0 Å². The fourth-order valence-corrected chi connectivity index (χ4v) is 4.97. The van der Waals surface area contributed by atoms with E-state index in [4.69, 9.17) is 0 Å². The van der Waals surface area contributed by atoms with E-state index in [0.29, 0.717) is 12.0 Å². The fourth-order valence-electron chi connectivity index (χ4n) is 4.97. The zero-order valence-electron chi connectivity index (χ0n) is 21.2. The van der Waals surface area contributed by atoms with Crippen LogP contribution in [0.4, 0.5) is 0 Å². The topological polar surface area (TPSA) is 78.4 Å². The molecule has 0 saturated heterocycles. The van der Waals surface area contributed by atoms with E-state index >= 15 is 0 Å². The molecule has 0 radical (unpaired) electrons. The van der Waals surface area contributed by atoms with Crippen molar-refractivity contribution in [2.75, 3.05) is 0 Å². The number of nitrogens with one attached hydrogen (secondary N) is 2. The molecule has 2 unspecified atom stereocenters. The Kier molecular flexibility index (Phi) is 9.28. The van der Waals surface area contributed by atoms with Crippen LogP contribution in [0.25, 0.3) is 11.1 Å². The highest BCUT2D eigenvalue weighted by atomic mass is 16.3. The molecule has 37 heavy (non-hydrogen) atoms. The molecule has 0 spiro atoms. The van der Waals surface area contributed by atoms with E-state index in [0.717, 1.165) is 42.4 Å². The molecule has 1 saturated carbocycles. The minimum Gasteiger partial charge on any atom is -0.387 e. The van der Waals surface area contributed by atoms with Crippen molar-refractivity contribution in [2.24, 2.45) is 5.92 Å². The van der Waals surface area contributed by atoms with Crippen molar-refractivity contribution in [1.29, 1.82) is 0 Å². The molecule has 0 aliphatic heterocycles. The second kappa shape index (κ2) is 13.0. The quantitative estimate of drug-likeness (QED) is 0.331. The average molecular weight is 497 g/mol. The number of rotatable bonds is 10. The van der Waals surface area contributed by atoms with Gasteiger partial charge < -0.3 is 15.7 Å². The monoisotopic (exact) mass is 496 g/mol. The summed E-state index contributed by atoms with van der Waals surface area (Å²) in [7, 11) is 0. The highest BCUT2D eigenvalue weighted by Gasteiger charge is 2.30. The van der Waals surface area contributed by atoms with Crippen LogP contribution in [0.3, 0.4) is 0 Å². The van der Waals surface area contributed by atoms with Gasteiger partial charge in [-0.15, -0.1) is 6.58 Å². The molecular weight excluding hydrogens is 460 g/mol. The van der Waals surface area contributed by atoms with Crippen LogP contribution >= 0.6 is 0 Å². The Morgan fingerprint density at radius 3 is 2.05 bits per heavy atom. The first-order valence-corrected chi connectivity index (χ1v) is 13.2. The lowest BCUT2D eigenvalue weighted by molar-refractivity contribution is -0.132. The lowest BCUT2D eigenvalue weighted by Crippen LogP contribution is -2.52. The largest absolute Gasteiger partial charge is 0.387 e. The average Bonchev–Trinajstić information content (AvgIpc) is 2.94. The molecule has 5 heteroatoms. The van der Waals surface area contributed by atoms with Crippen molar-refractivity contribution in [3.63, 3.8) is 0 Å². The Labute approximate surface area is 219 Å². The Morgan fingerprint density at radius 2 is 1.43 bits per heavy atom. The molecule has 3 aromatic carbocycles. The lowest BCUT2D eigenvalue weighted by Gasteiger charge is -2.27. The van der Waals surface area contributed by atoms with E-state index in [9.17, 15) is 14.7 Å². The Morgan fingerprint density at radius 1 is 0.838 bits per heavy atom. The van der Waals surface area contributed by atoms with Gasteiger partial charge in [0.15, 0.2) is 0 Å².